The van der Waals surface area contributed by atoms with Crippen LogP contribution in [0.5, 0.6) is 0 Å². The third-order valence-corrected chi connectivity index (χ3v) is 3.16. The van der Waals surface area contributed by atoms with Crippen molar-refractivity contribution in [3.05, 3.63) is 29.8 Å². The molecule has 0 aromatic heterocycles. The molecule has 2 N–H and O–H groups in total. The Labute approximate surface area is 132 Å². The second-order valence-electron chi connectivity index (χ2n) is 5.07. The summed E-state index contributed by atoms with van der Waals surface area (Å²) in [5.41, 5.74) is 1.19. The Bertz CT molecular complexity index is 457. The van der Waals surface area contributed by atoms with Crippen molar-refractivity contribution < 1.29 is 14.3 Å². The molecule has 1 aromatic carbocycles. The lowest BCUT2D eigenvalue weighted by Crippen LogP contribution is -2.21. The number of rotatable bonds is 10. The van der Waals surface area contributed by atoms with Crippen LogP contribution in [0.4, 0.5) is 5.69 Å². The van der Waals surface area contributed by atoms with Gasteiger partial charge in [0.05, 0.1) is 12.2 Å². The van der Waals surface area contributed by atoms with Crippen LogP contribution in [0, 0.1) is 0 Å². The first-order valence-electron chi connectivity index (χ1n) is 7.95. The van der Waals surface area contributed by atoms with Gasteiger partial charge in [-0.15, -0.1) is 0 Å². The van der Waals surface area contributed by atoms with E-state index in [1.165, 1.54) is 0 Å². The average molecular weight is 306 g/mol. The van der Waals surface area contributed by atoms with Gasteiger partial charge in [0, 0.05) is 18.7 Å². The number of anilines is 1. The van der Waals surface area contributed by atoms with Gasteiger partial charge in [-0.1, -0.05) is 26.7 Å². The number of ether oxygens (including phenoxy) is 1. The molecule has 0 unspecified atom stereocenters. The predicted octanol–water partition coefficient (Wildman–Crippen LogP) is 2.97. The highest BCUT2D eigenvalue weighted by Crippen LogP contribution is 2.11. The summed E-state index contributed by atoms with van der Waals surface area (Å²) >= 11 is 0. The van der Waals surface area contributed by atoms with E-state index >= 15 is 0 Å². The molecule has 0 aliphatic rings. The lowest BCUT2D eigenvalue weighted by molar-refractivity contribution is -0.116. The zero-order chi connectivity index (χ0) is 16.2. The lowest BCUT2D eigenvalue weighted by atomic mass is 10.2. The highest BCUT2D eigenvalue weighted by atomic mass is 16.5. The first-order chi connectivity index (χ1) is 10.7. The van der Waals surface area contributed by atoms with Gasteiger partial charge in [-0.05, 0) is 37.2 Å². The molecule has 1 amide bonds. The maximum atomic E-state index is 11.8. The predicted molar refractivity (Wildman–Crippen MR) is 88.0 cm³/mol. The van der Waals surface area contributed by atoms with Crippen LogP contribution < -0.4 is 10.6 Å². The Morgan fingerprint density at radius 2 is 1.82 bits per heavy atom. The van der Waals surface area contributed by atoms with Crippen LogP contribution in [0.1, 0.15) is 49.9 Å². The quantitative estimate of drug-likeness (QED) is 0.515. The number of amides is 1. The molecular formula is C17H26N2O3. The van der Waals surface area contributed by atoms with Crippen molar-refractivity contribution in [3.8, 4) is 0 Å². The molecule has 22 heavy (non-hydrogen) atoms. The molecule has 0 aliphatic carbocycles. The molecule has 0 aliphatic heterocycles. The van der Waals surface area contributed by atoms with E-state index < -0.39 is 0 Å². The van der Waals surface area contributed by atoms with Gasteiger partial charge >= 0.3 is 5.97 Å². The van der Waals surface area contributed by atoms with Crippen LogP contribution in [-0.2, 0) is 9.53 Å². The summed E-state index contributed by atoms with van der Waals surface area (Å²) in [6.07, 6.45) is 3.47. The van der Waals surface area contributed by atoms with E-state index in [1.807, 2.05) is 6.92 Å². The van der Waals surface area contributed by atoms with E-state index in [4.69, 9.17) is 4.74 Å². The van der Waals surface area contributed by atoms with E-state index in [0.29, 0.717) is 30.8 Å². The van der Waals surface area contributed by atoms with Crippen LogP contribution in [0.2, 0.25) is 0 Å². The molecule has 0 atom stereocenters. The number of esters is 1. The SMILES string of the molecule is CCCCCOC(=O)c1ccc(NC(=O)CCNCC)cc1. The first-order valence-corrected chi connectivity index (χ1v) is 7.95. The maximum absolute atomic E-state index is 11.8. The van der Waals surface area contributed by atoms with E-state index in [-0.39, 0.29) is 11.9 Å². The van der Waals surface area contributed by atoms with Gasteiger partial charge in [-0.25, -0.2) is 4.79 Å². The van der Waals surface area contributed by atoms with Crippen LogP contribution in [0.15, 0.2) is 24.3 Å². The lowest BCUT2D eigenvalue weighted by Gasteiger charge is -2.07. The van der Waals surface area contributed by atoms with Gasteiger partial charge in [0.25, 0.3) is 0 Å². The summed E-state index contributed by atoms with van der Waals surface area (Å²) in [7, 11) is 0. The summed E-state index contributed by atoms with van der Waals surface area (Å²) < 4.78 is 5.18. The monoisotopic (exact) mass is 306 g/mol. The van der Waals surface area contributed by atoms with Crippen molar-refractivity contribution in [3.63, 3.8) is 0 Å². The Morgan fingerprint density at radius 3 is 2.45 bits per heavy atom. The van der Waals surface area contributed by atoms with Gasteiger partial charge in [-0.2, -0.15) is 0 Å². The van der Waals surface area contributed by atoms with Crippen molar-refractivity contribution in [2.24, 2.45) is 0 Å². The average Bonchev–Trinajstić information content (AvgIpc) is 2.52. The van der Waals surface area contributed by atoms with Crippen LogP contribution in [0.25, 0.3) is 0 Å². The largest absolute Gasteiger partial charge is 0.462 e. The Morgan fingerprint density at radius 1 is 1.09 bits per heavy atom. The fourth-order valence-electron chi connectivity index (χ4n) is 1.89. The Balaban J connectivity index is 2.38. The van der Waals surface area contributed by atoms with Crippen LogP contribution in [0.3, 0.4) is 0 Å². The second kappa shape index (κ2) is 10.8. The van der Waals surface area contributed by atoms with E-state index in [1.54, 1.807) is 24.3 Å². The number of carbonyl (C=O) groups is 2. The van der Waals surface area contributed by atoms with Gasteiger partial charge in [0.1, 0.15) is 0 Å². The van der Waals surface area contributed by atoms with E-state index in [0.717, 1.165) is 25.8 Å². The minimum Gasteiger partial charge on any atom is -0.462 e. The number of hydrogen-bond acceptors (Lipinski definition) is 4. The molecule has 0 fully saturated rings. The maximum Gasteiger partial charge on any atom is 0.338 e. The van der Waals surface area contributed by atoms with Crippen molar-refractivity contribution in [2.45, 2.75) is 39.5 Å². The number of hydrogen-bond donors (Lipinski definition) is 2. The molecule has 0 saturated heterocycles. The standard InChI is InChI=1S/C17H26N2O3/c1-3-5-6-13-22-17(21)14-7-9-15(10-8-14)19-16(20)11-12-18-4-2/h7-10,18H,3-6,11-13H2,1-2H3,(H,19,20). The smallest absolute Gasteiger partial charge is 0.338 e. The Kier molecular flexibility index (Phi) is 8.91. The molecule has 5 nitrogen and oxygen atoms in total. The van der Waals surface area contributed by atoms with Crippen molar-refractivity contribution in [2.75, 3.05) is 25.0 Å². The molecule has 0 saturated carbocycles. The summed E-state index contributed by atoms with van der Waals surface area (Å²) in [5, 5.41) is 5.89. The van der Waals surface area contributed by atoms with Gasteiger partial charge in [0.2, 0.25) is 5.91 Å². The molecule has 0 spiro atoms. The minimum atomic E-state index is -0.318. The number of nitrogens with one attached hydrogen (secondary N) is 2. The molecule has 0 radical (unpaired) electrons. The molecule has 5 heteroatoms. The molecule has 1 rings (SSSR count). The minimum absolute atomic E-state index is 0.0455. The van der Waals surface area contributed by atoms with Gasteiger partial charge < -0.3 is 15.4 Å². The fourth-order valence-corrected chi connectivity index (χ4v) is 1.89. The molecule has 0 heterocycles. The van der Waals surface area contributed by atoms with E-state index in [9.17, 15) is 9.59 Å². The third-order valence-electron chi connectivity index (χ3n) is 3.16. The van der Waals surface area contributed by atoms with E-state index in [2.05, 4.69) is 17.6 Å². The van der Waals surface area contributed by atoms with Crippen molar-refractivity contribution in [1.29, 1.82) is 0 Å². The third kappa shape index (κ3) is 7.22. The highest BCUT2D eigenvalue weighted by molar-refractivity contribution is 5.93. The summed E-state index contributed by atoms with van der Waals surface area (Å²) in [6.45, 7) is 6.06. The molecule has 0 bridgehead atoms. The van der Waals surface area contributed by atoms with Gasteiger partial charge in [-0.3, -0.25) is 4.79 Å². The number of carbonyl (C=O) groups excluding carboxylic acids is 2. The van der Waals surface area contributed by atoms with Crippen molar-refractivity contribution in [1.82, 2.24) is 5.32 Å². The normalized spacial score (nSPS) is 10.3. The fraction of sp³-hybridized carbons (Fsp3) is 0.529. The van der Waals surface area contributed by atoms with Crippen molar-refractivity contribution >= 4 is 17.6 Å². The van der Waals surface area contributed by atoms with Crippen LogP contribution >= 0.6 is 0 Å². The molecule has 122 valence electrons. The first kappa shape index (κ1) is 18.2. The number of benzene rings is 1. The summed E-state index contributed by atoms with van der Waals surface area (Å²) in [4.78, 5) is 23.5. The Hall–Kier alpha value is -1.88. The zero-order valence-electron chi connectivity index (χ0n) is 13.5. The number of unbranched alkanes of at least 4 members (excludes halogenated alkanes) is 2. The summed E-state index contributed by atoms with van der Waals surface area (Å²) in [5.74, 6) is -0.364. The highest BCUT2D eigenvalue weighted by Gasteiger charge is 2.07. The summed E-state index contributed by atoms with van der Waals surface area (Å²) in [6, 6.07) is 6.77. The van der Waals surface area contributed by atoms with Gasteiger partial charge in [0.15, 0.2) is 0 Å². The zero-order valence-corrected chi connectivity index (χ0v) is 13.5. The topological polar surface area (TPSA) is 67.4 Å². The second-order valence-corrected chi connectivity index (χ2v) is 5.07. The molecule has 1 aromatic rings. The van der Waals surface area contributed by atoms with Crippen LogP contribution in [-0.4, -0.2) is 31.6 Å². The molecular weight excluding hydrogens is 280 g/mol.